The maximum absolute atomic E-state index is 14.5. The number of nitrogens with one attached hydrogen (secondary N) is 3. The van der Waals surface area contributed by atoms with Crippen LogP contribution >= 0.6 is 0 Å². The number of nitrogens with zero attached hydrogens (tertiary/aromatic N) is 2. The number of hydrogen-bond acceptors (Lipinski definition) is 8. The number of hydrogen-bond donors (Lipinski definition) is 3. The molecule has 11 nitrogen and oxygen atoms in total. The van der Waals surface area contributed by atoms with Gasteiger partial charge in [0.2, 0.25) is 21.8 Å². The Hall–Kier alpha value is -4.60. The van der Waals surface area contributed by atoms with E-state index in [2.05, 4.69) is 28.5 Å². The Kier molecular flexibility index (Phi) is 9.84. The maximum atomic E-state index is 14.5. The SMILES string of the molecule is C=CC1CC1(NC(=O)C1CC(OC(=C)N2Cc3cccc(F)c3C2)CN1C(=O)C(Nc1cccc(C(F)(F)F)c1)C(C)(C)C)C(=O)NS(=O)(=O)C1CC1. The molecule has 3 fully saturated rings. The Morgan fingerprint density at radius 3 is 2.38 bits per heavy atom. The summed E-state index contributed by atoms with van der Waals surface area (Å²) in [5, 5.41) is 4.98. The number of benzene rings is 2. The van der Waals surface area contributed by atoms with Gasteiger partial charge in [-0.05, 0) is 61.1 Å². The molecule has 2 saturated carbocycles. The van der Waals surface area contributed by atoms with Gasteiger partial charge in [-0.25, -0.2) is 12.8 Å². The van der Waals surface area contributed by atoms with E-state index in [-0.39, 0.29) is 43.3 Å². The average molecular weight is 762 g/mol. The summed E-state index contributed by atoms with van der Waals surface area (Å²) in [4.78, 5) is 45.2. The van der Waals surface area contributed by atoms with Gasteiger partial charge in [-0.3, -0.25) is 19.1 Å². The first kappa shape index (κ1) is 38.1. The van der Waals surface area contributed by atoms with Gasteiger partial charge in [-0.15, -0.1) is 6.58 Å². The number of anilines is 1. The van der Waals surface area contributed by atoms with Crippen LogP contribution in [-0.4, -0.2) is 71.5 Å². The summed E-state index contributed by atoms with van der Waals surface area (Å²) in [7, 11) is -3.95. The minimum absolute atomic E-state index is 0.0367. The van der Waals surface area contributed by atoms with E-state index in [4.69, 9.17) is 4.74 Å². The fourth-order valence-electron chi connectivity index (χ4n) is 6.98. The fraction of sp³-hybridized carbons (Fsp3) is 0.486. The molecule has 53 heavy (non-hydrogen) atoms. The standard InChI is InChI=1S/C37H43F4N5O6S/c1-6-23-17-36(23,34(49)44-53(50,51)27-13-14-27)43-32(47)30-16-26(52-21(2)45-18-22-9-7-12-29(38)28(22)20-45)19-46(30)33(48)31(35(3,4)5)42-25-11-8-10-24(15-25)37(39,40)41/h6-12,15,23,26-27,30-31,42H,1-2,13-14,16-20H2,3-5H3,(H,43,47)(H,44,49). The van der Waals surface area contributed by atoms with Crippen LogP contribution in [0.1, 0.15) is 63.1 Å². The lowest BCUT2D eigenvalue weighted by molar-refractivity contribution is -0.141. The summed E-state index contributed by atoms with van der Waals surface area (Å²) in [5.74, 6) is -3.04. The van der Waals surface area contributed by atoms with Gasteiger partial charge in [0.15, 0.2) is 5.88 Å². The van der Waals surface area contributed by atoms with Crippen LogP contribution < -0.4 is 15.4 Å². The minimum atomic E-state index is -4.63. The summed E-state index contributed by atoms with van der Waals surface area (Å²) >= 11 is 0. The van der Waals surface area contributed by atoms with Crippen LogP contribution in [-0.2, 0) is 48.4 Å². The van der Waals surface area contributed by atoms with Crippen LogP contribution in [0, 0.1) is 17.2 Å². The molecule has 286 valence electrons. The zero-order valence-electron chi connectivity index (χ0n) is 29.6. The molecule has 2 aromatic carbocycles. The molecule has 1 saturated heterocycles. The predicted molar refractivity (Wildman–Crippen MR) is 187 cm³/mol. The van der Waals surface area contributed by atoms with Crippen molar-refractivity contribution in [1.29, 1.82) is 0 Å². The van der Waals surface area contributed by atoms with E-state index in [0.29, 0.717) is 24.9 Å². The molecular weight excluding hydrogens is 718 g/mol. The van der Waals surface area contributed by atoms with Gasteiger partial charge in [0, 0.05) is 36.7 Å². The molecule has 2 aliphatic heterocycles. The smallest absolute Gasteiger partial charge is 0.416 e. The van der Waals surface area contributed by atoms with Gasteiger partial charge in [0.1, 0.15) is 29.5 Å². The van der Waals surface area contributed by atoms with E-state index >= 15 is 0 Å². The second-order valence-electron chi connectivity index (χ2n) is 15.3. The van der Waals surface area contributed by atoms with Crippen LogP contribution in [0.3, 0.4) is 0 Å². The number of sulfonamides is 1. The van der Waals surface area contributed by atoms with Gasteiger partial charge >= 0.3 is 6.18 Å². The van der Waals surface area contributed by atoms with E-state index in [9.17, 15) is 40.4 Å². The van der Waals surface area contributed by atoms with Crippen LogP contribution in [0.15, 0.2) is 67.6 Å². The molecule has 5 atom stereocenters. The molecule has 5 unspecified atom stereocenters. The molecule has 16 heteroatoms. The topological polar surface area (TPSA) is 137 Å². The monoisotopic (exact) mass is 761 g/mol. The van der Waals surface area contributed by atoms with E-state index in [1.54, 1.807) is 37.8 Å². The van der Waals surface area contributed by atoms with Crippen molar-refractivity contribution in [2.75, 3.05) is 11.9 Å². The van der Waals surface area contributed by atoms with Gasteiger partial charge < -0.3 is 25.2 Å². The second kappa shape index (κ2) is 13.7. The first-order valence-corrected chi connectivity index (χ1v) is 18.9. The highest BCUT2D eigenvalue weighted by Gasteiger charge is 2.62. The molecule has 0 radical (unpaired) electrons. The summed E-state index contributed by atoms with van der Waals surface area (Å²) in [6, 6.07) is 6.82. The number of ether oxygens (including phenoxy) is 1. The molecule has 6 rings (SSSR count). The lowest BCUT2D eigenvalue weighted by Gasteiger charge is -2.36. The summed E-state index contributed by atoms with van der Waals surface area (Å²) < 4.78 is 88.8. The van der Waals surface area contributed by atoms with Crippen molar-refractivity contribution in [3.05, 3.63) is 90.1 Å². The first-order valence-electron chi connectivity index (χ1n) is 17.3. The predicted octanol–water partition coefficient (Wildman–Crippen LogP) is 4.81. The lowest BCUT2D eigenvalue weighted by atomic mass is 9.85. The molecule has 4 aliphatic rings. The van der Waals surface area contributed by atoms with Gasteiger partial charge in [-0.2, -0.15) is 13.2 Å². The number of halogens is 4. The number of carbonyl (C=O) groups excluding carboxylic acids is 3. The Labute approximate surface area is 305 Å². The van der Waals surface area contributed by atoms with Crippen LogP contribution in [0.2, 0.25) is 0 Å². The molecule has 2 heterocycles. The molecule has 2 aromatic rings. The Balaban J connectivity index is 1.26. The molecule has 0 spiro atoms. The van der Waals surface area contributed by atoms with Gasteiger partial charge in [0.05, 0.1) is 17.4 Å². The van der Waals surface area contributed by atoms with Crippen molar-refractivity contribution in [2.24, 2.45) is 11.3 Å². The highest BCUT2D eigenvalue weighted by Crippen LogP contribution is 2.46. The van der Waals surface area contributed by atoms with Crippen molar-refractivity contribution in [2.45, 2.75) is 94.7 Å². The molecular formula is C37H43F4N5O6S. The highest BCUT2D eigenvalue weighted by molar-refractivity contribution is 7.91. The van der Waals surface area contributed by atoms with E-state index in [1.807, 2.05) is 0 Å². The van der Waals surface area contributed by atoms with Crippen LogP contribution in [0.25, 0.3) is 0 Å². The molecule has 3 N–H and O–H groups in total. The summed E-state index contributed by atoms with van der Waals surface area (Å²) in [5.41, 5.74) is -2.12. The van der Waals surface area contributed by atoms with E-state index in [0.717, 1.165) is 17.7 Å². The third kappa shape index (κ3) is 7.87. The third-order valence-electron chi connectivity index (χ3n) is 10.3. The largest absolute Gasteiger partial charge is 0.474 e. The zero-order valence-corrected chi connectivity index (χ0v) is 30.5. The van der Waals surface area contributed by atoms with E-state index in [1.165, 1.54) is 29.2 Å². The normalized spacial score (nSPS) is 24.5. The average Bonchev–Trinajstić information content (AvgIpc) is 3.97. The molecule has 2 aliphatic carbocycles. The number of rotatable bonds is 12. The fourth-order valence-corrected chi connectivity index (χ4v) is 8.35. The second-order valence-corrected chi connectivity index (χ2v) is 17.3. The van der Waals surface area contributed by atoms with E-state index < -0.39 is 79.8 Å². The number of alkyl halides is 3. The van der Waals surface area contributed by atoms with Crippen molar-refractivity contribution in [3.63, 3.8) is 0 Å². The Morgan fingerprint density at radius 2 is 1.77 bits per heavy atom. The highest BCUT2D eigenvalue weighted by atomic mass is 32.2. The molecule has 0 aromatic heterocycles. The Morgan fingerprint density at radius 1 is 1.08 bits per heavy atom. The first-order chi connectivity index (χ1) is 24.7. The molecule has 0 bridgehead atoms. The number of carbonyl (C=O) groups is 3. The van der Waals surface area contributed by atoms with Crippen LogP contribution in [0.5, 0.6) is 0 Å². The third-order valence-corrected chi connectivity index (χ3v) is 12.1. The number of likely N-dealkylation sites (tertiary alicyclic amines) is 1. The zero-order chi connectivity index (χ0) is 38.7. The van der Waals surface area contributed by atoms with Crippen molar-refractivity contribution >= 4 is 33.4 Å². The Bertz CT molecular complexity index is 1950. The minimum Gasteiger partial charge on any atom is -0.474 e. The van der Waals surface area contributed by atoms with Gasteiger partial charge in [0.25, 0.3) is 5.91 Å². The quantitative estimate of drug-likeness (QED) is 0.159. The van der Waals surface area contributed by atoms with Crippen molar-refractivity contribution < 1.29 is 45.1 Å². The lowest BCUT2D eigenvalue weighted by Crippen LogP contribution is -2.58. The summed E-state index contributed by atoms with van der Waals surface area (Å²) in [6.07, 6.45) is -3.13. The maximum Gasteiger partial charge on any atom is 0.416 e. The molecule has 3 amide bonds. The number of fused-ring (bicyclic) bond motifs is 1. The van der Waals surface area contributed by atoms with Crippen LogP contribution in [0.4, 0.5) is 23.2 Å². The number of amides is 3. The van der Waals surface area contributed by atoms with Crippen molar-refractivity contribution in [1.82, 2.24) is 19.8 Å². The van der Waals surface area contributed by atoms with Crippen molar-refractivity contribution in [3.8, 4) is 0 Å². The van der Waals surface area contributed by atoms with Gasteiger partial charge in [-0.1, -0.05) is 45.0 Å². The summed E-state index contributed by atoms with van der Waals surface area (Å²) in [6.45, 7) is 13.3.